The number of benzene rings is 2. The van der Waals surface area contributed by atoms with E-state index in [1.807, 2.05) is 30.3 Å². The number of carboxylic acids is 1. The molecule has 0 atom stereocenters. The second-order valence-corrected chi connectivity index (χ2v) is 4.76. The molecule has 0 aliphatic rings. The highest BCUT2D eigenvalue weighted by Gasteiger charge is 2.04. The summed E-state index contributed by atoms with van der Waals surface area (Å²) in [5, 5.41) is 11.6. The number of hydrogen-bond acceptors (Lipinski definition) is 1. The highest BCUT2D eigenvalue weighted by Crippen LogP contribution is 2.27. The molecule has 0 radical (unpaired) electrons. The van der Waals surface area contributed by atoms with Gasteiger partial charge in [0.1, 0.15) is 0 Å². The fourth-order valence-electron chi connectivity index (χ4n) is 2.13. The van der Waals surface area contributed by atoms with Crippen LogP contribution in [-0.4, -0.2) is 11.1 Å². The van der Waals surface area contributed by atoms with Crippen molar-refractivity contribution < 1.29 is 9.90 Å². The lowest BCUT2D eigenvalue weighted by molar-refractivity contribution is -0.137. The van der Waals surface area contributed by atoms with E-state index in [0.29, 0.717) is 6.42 Å². The molecule has 2 aromatic carbocycles. The molecule has 0 saturated carbocycles. The third kappa shape index (κ3) is 3.02. The molecule has 0 aliphatic heterocycles. The molecule has 18 heavy (non-hydrogen) atoms. The first-order valence-corrected chi connectivity index (χ1v) is 6.44. The minimum atomic E-state index is -0.726. The quantitative estimate of drug-likeness (QED) is 0.816. The average Bonchev–Trinajstić information content (AvgIpc) is 2.37. The fourth-order valence-corrected chi connectivity index (χ4v) is 2.36. The Morgan fingerprint density at radius 3 is 2.50 bits per heavy atom. The Hall–Kier alpha value is -1.54. The lowest BCUT2D eigenvalue weighted by Gasteiger charge is -2.07. The monoisotopic (exact) mass is 262 g/mol. The van der Waals surface area contributed by atoms with E-state index in [4.69, 9.17) is 16.7 Å². The number of unbranched alkanes of at least 4 members (excludes halogenated alkanes) is 1. The Morgan fingerprint density at radius 2 is 1.78 bits per heavy atom. The number of hydrogen-bond donors (Lipinski definition) is 1. The number of rotatable bonds is 5. The van der Waals surface area contributed by atoms with Gasteiger partial charge in [-0.25, -0.2) is 0 Å². The molecule has 0 aromatic heterocycles. The highest BCUT2D eigenvalue weighted by atomic mass is 35.5. The SMILES string of the molecule is O=C(O)CCCCc1ccc(Cl)c2ccccc12. The van der Waals surface area contributed by atoms with Crippen LogP contribution in [0.25, 0.3) is 10.8 Å². The molecule has 0 spiro atoms. The van der Waals surface area contributed by atoms with Crippen molar-refractivity contribution in [2.75, 3.05) is 0 Å². The Bertz CT molecular complexity index is 563. The summed E-state index contributed by atoms with van der Waals surface area (Å²) < 4.78 is 0. The van der Waals surface area contributed by atoms with Crippen molar-refractivity contribution in [1.29, 1.82) is 0 Å². The summed E-state index contributed by atoms with van der Waals surface area (Å²) >= 11 is 6.15. The third-order valence-corrected chi connectivity index (χ3v) is 3.38. The van der Waals surface area contributed by atoms with Crippen LogP contribution in [0.5, 0.6) is 0 Å². The van der Waals surface area contributed by atoms with Gasteiger partial charge < -0.3 is 5.11 Å². The molecular formula is C15H15ClO2. The van der Waals surface area contributed by atoms with Gasteiger partial charge in [0.25, 0.3) is 0 Å². The minimum Gasteiger partial charge on any atom is -0.481 e. The van der Waals surface area contributed by atoms with Gasteiger partial charge in [-0.3, -0.25) is 4.79 Å². The molecular weight excluding hydrogens is 248 g/mol. The Labute approximate surface area is 111 Å². The van der Waals surface area contributed by atoms with Crippen molar-refractivity contribution in [3.05, 3.63) is 47.0 Å². The topological polar surface area (TPSA) is 37.3 Å². The minimum absolute atomic E-state index is 0.242. The van der Waals surface area contributed by atoms with E-state index in [-0.39, 0.29) is 6.42 Å². The summed E-state index contributed by atoms with van der Waals surface area (Å²) in [5.74, 6) is -0.726. The molecule has 0 unspecified atom stereocenters. The van der Waals surface area contributed by atoms with Crippen molar-refractivity contribution >= 4 is 28.3 Å². The third-order valence-electron chi connectivity index (χ3n) is 3.05. The standard InChI is InChI=1S/C15H15ClO2/c16-14-10-9-11(5-1-4-8-15(17)18)12-6-2-3-7-13(12)14/h2-3,6-7,9-10H,1,4-5,8H2,(H,17,18). The zero-order valence-corrected chi connectivity index (χ0v) is 10.8. The number of aliphatic carboxylic acids is 1. The van der Waals surface area contributed by atoms with E-state index in [2.05, 4.69) is 6.07 Å². The van der Waals surface area contributed by atoms with Crippen LogP contribution in [0.1, 0.15) is 24.8 Å². The molecule has 0 bridgehead atoms. The maximum absolute atomic E-state index is 10.5. The first-order chi connectivity index (χ1) is 8.68. The number of carboxylic acid groups (broad SMARTS) is 1. The molecule has 0 heterocycles. The van der Waals surface area contributed by atoms with E-state index in [0.717, 1.165) is 23.3 Å². The van der Waals surface area contributed by atoms with Crippen LogP contribution in [0, 0.1) is 0 Å². The van der Waals surface area contributed by atoms with E-state index in [1.54, 1.807) is 0 Å². The molecule has 2 nitrogen and oxygen atoms in total. The zero-order valence-electron chi connectivity index (χ0n) is 10.0. The largest absolute Gasteiger partial charge is 0.481 e. The first-order valence-electron chi connectivity index (χ1n) is 6.06. The fraction of sp³-hybridized carbons (Fsp3) is 0.267. The van der Waals surface area contributed by atoms with Gasteiger partial charge in [0, 0.05) is 16.8 Å². The second kappa shape index (κ2) is 5.87. The van der Waals surface area contributed by atoms with Crippen LogP contribution in [-0.2, 0) is 11.2 Å². The highest BCUT2D eigenvalue weighted by molar-refractivity contribution is 6.35. The summed E-state index contributed by atoms with van der Waals surface area (Å²) in [6.45, 7) is 0. The summed E-state index contributed by atoms with van der Waals surface area (Å²) in [6, 6.07) is 12.0. The molecule has 2 aromatic rings. The van der Waals surface area contributed by atoms with Gasteiger partial charge in [-0.15, -0.1) is 0 Å². The summed E-state index contributed by atoms with van der Waals surface area (Å²) in [6.07, 6.45) is 2.74. The van der Waals surface area contributed by atoms with Crippen LogP contribution in [0.15, 0.2) is 36.4 Å². The van der Waals surface area contributed by atoms with E-state index in [1.165, 1.54) is 10.9 Å². The van der Waals surface area contributed by atoms with Crippen molar-refractivity contribution in [1.82, 2.24) is 0 Å². The number of halogens is 1. The molecule has 0 aliphatic carbocycles. The number of carbonyl (C=O) groups is 1. The van der Waals surface area contributed by atoms with E-state index in [9.17, 15) is 4.79 Å². The van der Waals surface area contributed by atoms with Crippen LogP contribution in [0.4, 0.5) is 0 Å². The predicted molar refractivity (Wildman–Crippen MR) is 74.1 cm³/mol. The van der Waals surface area contributed by atoms with Gasteiger partial charge in [-0.2, -0.15) is 0 Å². The van der Waals surface area contributed by atoms with Gasteiger partial charge in [-0.1, -0.05) is 41.9 Å². The van der Waals surface area contributed by atoms with Gasteiger partial charge in [-0.05, 0) is 36.3 Å². The van der Waals surface area contributed by atoms with Gasteiger partial charge >= 0.3 is 5.97 Å². The molecule has 0 saturated heterocycles. The number of fused-ring (bicyclic) bond motifs is 1. The maximum Gasteiger partial charge on any atom is 0.303 e. The molecule has 94 valence electrons. The predicted octanol–water partition coefficient (Wildman–Crippen LogP) is 4.29. The molecule has 1 N–H and O–H groups in total. The van der Waals surface area contributed by atoms with Crippen molar-refractivity contribution in [2.24, 2.45) is 0 Å². The Balaban J connectivity index is 2.14. The van der Waals surface area contributed by atoms with Gasteiger partial charge in [0.05, 0.1) is 0 Å². The average molecular weight is 263 g/mol. The molecule has 0 fully saturated rings. The zero-order chi connectivity index (χ0) is 13.0. The second-order valence-electron chi connectivity index (χ2n) is 4.35. The van der Waals surface area contributed by atoms with Crippen molar-refractivity contribution in [3.63, 3.8) is 0 Å². The lowest BCUT2D eigenvalue weighted by atomic mass is 10.00. The van der Waals surface area contributed by atoms with E-state index >= 15 is 0 Å². The number of aryl methyl sites for hydroxylation is 1. The van der Waals surface area contributed by atoms with Crippen LogP contribution in [0.3, 0.4) is 0 Å². The molecule has 3 heteroatoms. The van der Waals surface area contributed by atoms with Crippen LogP contribution in [0.2, 0.25) is 5.02 Å². The van der Waals surface area contributed by atoms with Crippen LogP contribution < -0.4 is 0 Å². The molecule has 2 rings (SSSR count). The Kier molecular flexibility index (Phi) is 4.21. The van der Waals surface area contributed by atoms with Crippen molar-refractivity contribution in [2.45, 2.75) is 25.7 Å². The van der Waals surface area contributed by atoms with Crippen molar-refractivity contribution in [3.8, 4) is 0 Å². The summed E-state index contributed by atoms with van der Waals surface area (Å²) in [4.78, 5) is 10.5. The Morgan fingerprint density at radius 1 is 1.06 bits per heavy atom. The summed E-state index contributed by atoms with van der Waals surface area (Å²) in [7, 11) is 0. The molecule has 0 amide bonds. The first kappa shape index (κ1) is 12.9. The van der Waals surface area contributed by atoms with Crippen LogP contribution >= 0.6 is 11.6 Å². The van der Waals surface area contributed by atoms with Gasteiger partial charge in [0.15, 0.2) is 0 Å². The summed E-state index contributed by atoms with van der Waals surface area (Å²) in [5.41, 5.74) is 1.24. The lowest BCUT2D eigenvalue weighted by Crippen LogP contribution is -1.95. The van der Waals surface area contributed by atoms with E-state index < -0.39 is 5.97 Å². The smallest absolute Gasteiger partial charge is 0.303 e. The van der Waals surface area contributed by atoms with Gasteiger partial charge in [0.2, 0.25) is 0 Å². The normalized spacial score (nSPS) is 10.7. The maximum atomic E-state index is 10.5.